The van der Waals surface area contributed by atoms with E-state index in [0.717, 1.165) is 41.0 Å². The van der Waals surface area contributed by atoms with E-state index in [0.29, 0.717) is 10.6 Å². The highest BCUT2D eigenvalue weighted by molar-refractivity contribution is 8.00. The smallest absolute Gasteiger partial charge is 0.244 e. The van der Waals surface area contributed by atoms with Crippen LogP contribution in [0.3, 0.4) is 0 Å². The summed E-state index contributed by atoms with van der Waals surface area (Å²) in [6, 6.07) is 18.5. The van der Waals surface area contributed by atoms with Crippen molar-refractivity contribution >= 4 is 29.0 Å². The maximum absolute atomic E-state index is 13.8. The van der Waals surface area contributed by atoms with Crippen LogP contribution in [0, 0.1) is 32.1 Å². The summed E-state index contributed by atoms with van der Waals surface area (Å²) in [4.78, 5) is 20.3. The minimum Gasteiger partial charge on any atom is -0.280 e. The van der Waals surface area contributed by atoms with Gasteiger partial charge >= 0.3 is 0 Å². The number of carbonyl (C=O) groups excluding carboxylic acids is 1. The van der Waals surface area contributed by atoms with Gasteiger partial charge in [-0.3, -0.25) is 9.69 Å². The average Bonchev–Trinajstić information content (AvgIpc) is 2.94. The molecule has 1 aliphatic rings. The van der Waals surface area contributed by atoms with Crippen LogP contribution in [0.4, 0.5) is 11.4 Å². The number of hydrogen-bond acceptors (Lipinski definition) is 4. The van der Waals surface area contributed by atoms with Crippen molar-refractivity contribution in [3.63, 3.8) is 0 Å². The molecule has 0 aliphatic carbocycles. The number of nitriles is 1. The standard InChI is InChI=1S/C26H25N3OS/c1-16-17(2)22(15-27)25(28-18(16)3)31-19(4)26(30)29-23-11-7-5-9-20(23)13-14-21-10-6-8-12-24(21)29/h5-12,19H,13-14H2,1-4H3. The summed E-state index contributed by atoms with van der Waals surface area (Å²) >= 11 is 1.36. The van der Waals surface area contributed by atoms with Gasteiger partial charge in [0.05, 0.1) is 22.2 Å². The van der Waals surface area contributed by atoms with Crippen LogP contribution in [0.2, 0.25) is 0 Å². The molecular weight excluding hydrogens is 402 g/mol. The first kappa shape index (κ1) is 21.1. The average molecular weight is 428 g/mol. The Morgan fingerprint density at radius 2 is 1.55 bits per heavy atom. The molecule has 0 bridgehead atoms. The number of benzene rings is 2. The van der Waals surface area contributed by atoms with Crippen molar-refractivity contribution in [2.75, 3.05) is 4.90 Å². The van der Waals surface area contributed by atoms with Crippen molar-refractivity contribution in [2.24, 2.45) is 0 Å². The van der Waals surface area contributed by atoms with Gasteiger partial charge < -0.3 is 0 Å². The zero-order valence-corrected chi connectivity index (χ0v) is 19.1. The molecule has 31 heavy (non-hydrogen) atoms. The fourth-order valence-electron chi connectivity index (χ4n) is 4.05. The Bertz CT molecular complexity index is 1160. The van der Waals surface area contributed by atoms with E-state index >= 15 is 0 Å². The molecule has 3 aromatic rings. The van der Waals surface area contributed by atoms with Gasteiger partial charge in [-0.1, -0.05) is 48.2 Å². The highest BCUT2D eigenvalue weighted by Crippen LogP contribution is 2.38. The third-order valence-electron chi connectivity index (χ3n) is 6.06. The fourth-order valence-corrected chi connectivity index (χ4v) is 5.09. The van der Waals surface area contributed by atoms with Crippen LogP contribution in [0.25, 0.3) is 0 Å². The molecule has 1 aromatic heterocycles. The molecular formula is C26H25N3OS. The van der Waals surface area contributed by atoms with E-state index in [-0.39, 0.29) is 5.91 Å². The number of nitrogens with zero attached hydrogens (tertiary/aromatic N) is 3. The van der Waals surface area contributed by atoms with Gasteiger partial charge in [-0.25, -0.2) is 4.98 Å². The highest BCUT2D eigenvalue weighted by Gasteiger charge is 2.30. The molecule has 5 heteroatoms. The first-order chi connectivity index (χ1) is 14.9. The van der Waals surface area contributed by atoms with Crippen molar-refractivity contribution < 1.29 is 4.79 Å². The van der Waals surface area contributed by atoms with E-state index in [4.69, 9.17) is 0 Å². The maximum atomic E-state index is 13.8. The first-order valence-electron chi connectivity index (χ1n) is 10.5. The summed E-state index contributed by atoms with van der Waals surface area (Å²) in [5, 5.41) is 9.94. The molecule has 0 saturated carbocycles. The molecule has 2 aromatic carbocycles. The van der Waals surface area contributed by atoms with E-state index in [9.17, 15) is 10.1 Å². The Kier molecular flexibility index (Phi) is 5.84. The predicted octanol–water partition coefficient (Wildman–Crippen LogP) is 5.82. The molecule has 1 atom stereocenters. The Balaban J connectivity index is 1.75. The van der Waals surface area contributed by atoms with Crippen LogP contribution in [0.15, 0.2) is 53.6 Å². The number of thioether (sulfide) groups is 1. The second-order valence-corrected chi connectivity index (χ2v) is 9.26. The number of hydrogen-bond donors (Lipinski definition) is 0. The summed E-state index contributed by atoms with van der Waals surface area (Å²) < 4.78 is 0. The van der Waals surface area contributed by atoms with Crippen LogP contribution in [-0.2, 0) is 17.6 Å². The lowest BCUT2D eigenvalue weighted by atomic mass is 10.0. The minimum absolute atomic E-state index is 0.00614. The Labute approximate surface area is 187 Å². The van der Waals surface area contributed by atoms with Gasteiger partial charge in [0, 0.05) is 5.69 Å². The van der Waals surface area contributed by atoms with Gasteiger partial charge in [-0.05, 0) is 74.9 Å². The Hall–Kier alpha value is -3.10. The van der Waals surface area contributed by atoms with Crippen LogP contribution < -0.4 is 4.90 Å². The van der Waals surface area contributed by atoms with Gasteiger partial charge in [0.25, 0.3) is 0 Å². The highest BCUT2D eigenvalue weighted by atomic mass is 32.2. The van der Waals surface area contributed by atoms with E-state index in [1.807, 2.05) is 69.0 Å². The van der Waals surface area contributed by atoms with Crippen LogP contribution >= 0.6 is 11.8 Å². The minimum atomic E-state index is -0.402. The summed E-state index contributed by atoms with van der Waals surface area (Å²) in [6.45, 7) is 7.77. The number of para-hydroxylation sites is 2. The first-order valence-corrected chi connectivity index (χ1v) is 11.3. The molecule has 0 fully saturated rings. The normalized spacial score (nSPS) is 13.6. The summed E-state index contributed by atoms with van der Waals surface area (Å²) in [7, 11) is 0. The monoisotopic (exact) mass is 427 g/mol. The van der Waals surface area contributed by atoms with Gasteiger partial charge in [-0.2, -0.15) is 5.26 Å². The van der Waals surface area contributed by atoms with Crippen LogP contribution in [-0.4, -0.2) is 16.1 Å². The summed E-state index contributed by atoms with van der Waals surface area (Å²) in [5.74, 6) is -0.00614. The number of anilines is 2. The van der Waals surface area contributed by atoms with Crippen molar-refractivity contribution in [1.82, 2.24) is 4.98 Å². The molecule has 4 rings (SSSR count). The van der Waals surface area contributed by atoms with Gasteiger partial charge in [0.15, 0.2) is 0 Å². The van der Waals surface area contributed by atoms with E-state index in [1.165, 1.54) is 22.9 Å². The number of amides is 1. The van der Waals surface area contributed by atoms with Crippen molar-refractivity contribution in [2.45, 2.75) is 50.8 Å². The van der Waals surface area contributed by atoms with Crippen molar-refractivity contribution in [3.05, 3.63) is 82.0 Å². The number of pyridine rings is 1. The maximum Gasteiger partial charge on any atom is 0.244 e. The fraction of sp³-hybridized carbons (Fsp3) is 0.269. The number of aryl methyl sites for hydroxylation is 3. The second kappa shape index (κ2) is 8.56. The van der Waals surface area contributed by atoms with E-state index in [2.05, 4.69) is 23.2 Å². The molecule has 1 unspecified atom stereocenters. The molecule has 156 valence electrons. The van der Waals surface area contributed by atoms with Crippen molar-refractivity contribution in [3.8, 4) is 6.07 Å². The Morgan fingerprint density at radius 3 is 2.10 bits per heavy atom. The quantitative estimate of drug-likeness (QED) is 0.494. The lowest BCUT2D eigenvalue weighted by molar-refractivity contribution is -0.117. The largest absolute Gasteiger partial charge is 0.280 e. The molecule has 4 nitrogen and oxygen atoms in total. The molecule has 0 N–H and O–H groups in total. The van der Waals surface area contributed by atoms with Gasteiger partial charge in [-0.15, -0.1) is 0 Å². The third kappa shape index (κ3) is 3.84. The molecule has 2 heterocycles. The van der Waals surface area contributed by atoms with E-state index < -0.39 is 5.25 Å². The Morgan fingerprint density at radius 1 is 1.00 bits per heavy atom. The number of carbonyl (C=O) groups is 1. The van der Waals surface area contributed by atoms with Gasteiger partial charge in [0.2, 0.25) is 5.91 Å². The third-order valence-corrected chi connectivity index (χ3v) is 7.13. The molecule has 0 radical (unpaired) electrons. The molecule has 1 aliphatic heterocycles. The van der Waals surface area contributed by atoms with E-state index in [1.54, 1.807) is 0 Å². The number of aromatic nitrogens is 1. The number of fused-ring (bicyclic) bond motifs is 2. The van der Waals surface area contributed by atoms with Crippen LogP contribution in [0.5, 0.6) is 0 Å². The molecule has 0 saturated heterocycles. The zero-order valence-electron chi connectivity index (χ0n) is 18.3. The molecule has 0 spiro atoms. The molecule has 1 amide bonds. The summed E-state index contributed by atoms with van der Waals surface area (Å²) in [5.41, 5.74) is 7.62. The number of rotatable bonds is 3. The van der Waals surface area contributed by atoms with Crippen LogP contribution in [0.1, 0.15) is 40.4 Å². The van der Waals surface area contributed by atoms with Crippen molar-refractivity contribution in [1.29, 1.82) is 5.26 Å². The zero-order chi connectivity index (χ0) is 22.1. The summed E-state index contributed by atoms with van der Waals surface area (Å²) in [6.07, 6.45) is 1.80. The lowest BCUT2D eigenvalue weighted by Gasteiger charge is -2.27. The lowest BCUT2D eigenvalue weighted by Crippen LogP contribution is -2.33. The predicted molar refractivity (Wildman–Crippen MR) is 126 cm³/mol. The SMILES string of the molecule is Cc1nc(SC(C)C(=O)N2c3ccccc3CCc3ccccc32)c(C#N)c(C)c1C. The van der Waals surface area contributed by atoms with Gasteiger partial charge in [0.1, 0.15) is 11.1 Å². The second-order valence-electron chi connectivity index (χ2n) is 7.93. The topological polar surface area (TPSA) is 57.0 Å².